The molecule has 0 heterocycles. The van der Waals surface area contributed by atoms with E-state index in [1.807, 2.05) is 0 Å². The van der Waals surface area contributed by atoms with Gasteiger partial charge in [0.25, 0.3) is 5.79 Å². The number of hydrogen-bond acceptors (Lipinski definition) is 5. The number of hydrogen-bond donors (Lipinski definition) is 2. The maximum absolute atomic E-state index is 10.9. The number of methoxy groups -OCH3 is 1. The van der Waals surface area contributed by atoms with Gasteiger partial charge >= 0.3 is 11.9 Å². The van der Waals surface area contributed by atoms with Gasteiger partial charge in [-0.3, -0.25) is 4.79 Å². The van der Waals surface area contributed by atoms with Crippen molar-refractivity contribution in [2.45, 2.75) is 19.1 Å². The Morgan fingerprint density at radius 3 is 2.25 bits per heavy atom. The molecule has 1 atom stereocenters. The predicted molar refractivity (Wildman–Crippen MR) is 52.1 cm³/mol. The van der Waals surface area contributed by atoms with Crippen LogP contribution in [-0.4, -0.2) is 54.9 Å². The van der Waals surface area contributed by atoms with E-state index in [1.165, 1.54) is 0 Å². The number of rotatable bonds is 9. The van der Waals surface area contributed by atoms with Crippen molar-refractivity contribution in [2.24, 2.45) is 0 Å². The van der Waals surface area contributed by atoms with Crippen LogP contribution in [0.1, 0.15) is 13.3 Å². The SMILES string of the molecule is CCOCCOC(CC(=O)O)(OC)C(=O)O. The highest BCUT2D eigenvalue weighted by Gasteiger charge is 2.42. The Labute approximate surface area is 92.9 Å². The number of aliphatic carboxylic acids is 2. The highest BCUT2D eigenvalue weighted by molar-refractivity contribution is 5.82. The fraction of sp³-hybridized carbons (Fsp3) is 0.778. The molecule has 0 aliphatic heterocycles. The first-order valence-corrected chi connectivity index (χ1v) is 4.70. The van der Waals surface area contributed by atoms with Crippen LogP contribution >= 0.6 is 0 Å². The van der Waals surface area contributed by atoms with E-state index in [1.54, 1.807) is 6.92 Å². The number of carbonyl (C=O) groups is 2. The largest absolute Gasteiger partial charge is 0.481 e. The maximum atomic E-state index is 10.9. The van der Waals surface area contributed by atoms with Crippen LogP contribution in [0.5, 0.6) is 0 Å². The smallest absolute Gasteiger partial charge is 0.365 e. The third kappa shape index (κ3) is 4.56. The molecule has 0 aromatic heterocycles. The molecule has 0 aliphatic carbocycles. The van der Waals surface area contributed by atoms with Gasteiger partial charge in [0.2, 0.25) is 0 Å². The molecule has 16 heavy (non-hydrogen) atoms. The number of ether oxygens (including phenoxy) is 3. The molecule has 0 radical (unpaired) electrons. The highest BCUT2D eigenvalue weighted by atomic mass is 16.7. The van der Waals surface area contributed by atoms with Gasteiger partial charge in [0.15, 0.2) is 0 Å². The lowest BCUT2D eigenvalue weighted by Gasteiger charge is -2.26. The van der Waals surface area contributed by atoms with E-state index >= 15 is 0 Å². The molecule has 0 rings (SSSR count). The van der Waals surface area contributed by atoms with E-state index < -0.39 is 24.1 Å². The molecule has 0 bridgehead atoms. The predicted octanol–water partition coefficient (Wildman–Crippen LogP) is -0.0585. The van der Waals surface area contributed by atoms with Gasteiger partial charge in [-0.25, -0.2) is 4.79 Å². The van der Waals surface area contributed by atoms with E-state index in [2.05, 4.69) is 4.74 Å². The standard InChI is InChI=1S/C9H16O7/c1-3-15-4-5-16-9(14-2,8(12)13)6-7(10)11/h3-6H2,1-2H3,(H,10,11)(H,12,13). The lowest BCUT2D eigenvalue weighted by molar-refractivity contribution is -0.241. The van der Waals surface area contributed by atoms with Gasteiger partial charge in [-0.1, -0.05) is 0 Å². The van der Waals surface area contributed by atoms with E-state index in [0.29, 0.717) is 6.61 Å². The first-order valence-electron chi connectivity index (χ1n) is 4.70. The summed E-state index contributed by atoms with van der Waals surface area (Å²) in [6, 6.07) is 0. The van der Waals surface area contributed by atoms with Crippen LogP contribution in [0, 0.1) is 0 Å². The molecule has 0 saturated carbocycles. The van der Waals surface area contributed by atoms with Crippen LogP contribution in [0.2, 0.25) is 0 Å². The molecule has 0 amide bonds. The molecule has 0 aromatic rings. The Bertz CT molecular complexity index is 240. The third-order valence-electron chi connectivity index (χ3n) is 1.81. The summed E-state index contributed by atoms with van der Waals surface area (Å²) in [5.41, 5.74) is 0. The summed E-state index contributed by atoms with van der Waals surface area (Å²) in [6.45, 7) is 2.36. The summed E-state index contributed by atoms with van der Waals surface area (Å²) in [6.07, 6.45) is -0.773. The van der Waals surface area contributed by atoms with Crippen molar-refractivity contribution in [1.82, 2.24) is 0 Å². The molecular weight excluding hydrogens is 220 g/mol. The monoisotopic (exact) mass is 236 g/mol. The van der Waals surface area contributed by atoms with Crippen molar-refractivity contribution in [3.05, 3.63) is 0 Å². The third-order valence-corrected chi connectivity index (χ3v) is 1.81. The minimum absolute atomic E-state index is 0.0543. The van der Waals surface area contributed by atoms with Gasteiger partial charge in [-0.2, -0.15) is 0 Å². The van der Waals surface area contributed by atoms with Crippen LogP contribution in [0.3, 0.4) is 0 Å². The molecule has 94 valence electrons. The van der Waals surface area contributed by atoms with E-state index in [9.17, 15) is 9.59 Å². The first-order chi connectivity index (χ1) is 7.48. The van der Waals surface area contributed by atoms with Crippen molar-refractivity contribution >= 4 is 11.9 Å². The van der Waals surface area contributed by atoms with Crippen LogP contribution < -0.4 is 0 Å². The van der Waals surface area contributed by atoms with Crippen LogP contribution in [-0.2, 0) is 23.8 Å². The van der Waals surface area contributed by atoms with Crippen molar-refractivity contribution in [3.8, 4) is 0 Å². The van der Waals surface area contributed by atoms with Gasteiger partial charge in [-0.05, 0) is 6.92 Å². The minimum Gasteiger partial charge on any atom is -0.481 e. The summed E-state index contributed by atoms with van der Waals surface area (Å²) in [5.74, 6) is -4.95. The van der Waals surface area contributed by atoms with E-state index in [0.717, 1.165) is 7.11 Å². The fourth-order valence-corrected chi connectivity index (χ4v) is 1.02. The summed E-state index contributed by atoms with van der Waals surface area (Å²) < 4.78 is 14.5. The molecule has 7 heteroatoms. The second kappa shape index (κ2) is 7.15. The lowest BCUT2D eigenvalue weighted by Crippen LogP contribution is -2.46. The quantitative estimate of drug-likeness (QED) is 0.427. The Balaban J connectivity index is 4.39. The highest BCUT2D eigenvalue weighted by Crippen LogP contribution is 2.17. The summed E-state index contributed by atoms with van der Waals surface area (Å²) in [5, 5.41) is 17.5. The average molecular weight is 236 g/mol. The zero-order valence-electron chi connectivity index (χ0n) is 9.26. The Morgan fingerprint density at radius 2 is 1.88 bits per heavy atom. The second-order valence-electron chi connectivity index (χ2n) is 2.88. The van der Waals surface area contributed by atoms with Crippen LogP contribution in [0.4, 0.5) is 0 Å². The summed E-state index contributed by atoms with van der Waals surface area (Å²) in [4.78, 5) is 21.4. The molecule has 0 saturated heterocycles. The number of carboxylic acids is 2. The molecular formula is C9H16O7. The van der Waals surface area contributed by atoms with Gasteiger partial charge in [0, 0.05) is 13.7 Å². The minimum atomic E-state index is -2.15. The van der Waals surface area contributed by atoms with Gasteiger partial charge in [0.05, 0.1) is 13.2 Å². The maximum Gasteiger partial charge on any atom is 0.365 e. The van der Waals surface area contributed by atoms with Crippen molar-refractivity contribution in [1.29, 1.82) is 0 Å². The summed E-state index contributed by atoms with van der Waals surface area (Å²) in [7, 11) is 1.08. The Morgan fingerprint density at radius 1 is 1.25 bits per heavy atom. The molecule has 7 nitrogen and oxygen atoms in total. The molecule has 0 fully saturated rings. The zero-order valence-corrected chi connectivity index (χ0v) is 9.26. The Kier molecular flexibility index (Phi) is 6.63. The fourth-order valence-electron chi connectivity index (χ4n) is 1.02. The normalized spacial score (nSPS) is 14.4. The zero-order chi connectivity index (χ0) is 12.6. The van der Waals surface area contributed by atoms with Gasteiger partial charge < -0.3 is 24.4 Å². The first kappa shape index (κ1) is 14.8. The molecule has 0 aromatic carbocycles. The van der Waals surface area contributed by atoms with Crippen molar-refractivity contribution in [2.75, 3.05) is 26.9 Å². The van der Waals surface area contributed by atoms with Crippen LogP contribution in [0.15, 0.2) is 0 Å². The summed E-state index contributed by atoms with van der Waals surface area (Å²) >= 11 is 0. The number of carboxylic acid groups (broad SMARTS) is 2. The Hall–Kier alpha value is -1.18. The lowest BCUT2D eigenvalue weighted by atomic mass is 10.2. The van der Waals surface area contributed by atoms with Gasteiger partial charge in [0.1, 0.15) is 6.42 Å². The molecule has 0 aliphatic rings. The average Bonchev–Trinajstić information content (AvgIpc) is 2.21. The second-order valence-corrected chi connectivity index (χ2v) is 2.88. The molecule has 0 spiro atoms. The van der Waals surface area contributed by atoms with E-state index in [4.69, 9.17) is 19.7 Å². The molecule has 2 N–H and O–H groups in total. The molecule has 1 unspecified atom stereocenters. The van der Waals surface area contributed by atoms with Gasteiger partial charge in [-0.15, -0.1) is 0 Å². The topological polar surface area (TPSA) is 102 Å². The van der Waals surface area contributed by atoms with Crippen LogP contribution in [0.25, 0.3) is 0 Å². The van der Waals surface area contributed by atoms with Crippen molar-refractivity contribution in [3.63, 3.8) is 0 Å². The van der Waals surface area contributed by atoms with E-state index in [-0.39, 0.29) is 13.2 Å². The van der Waals surface area contributed by atoms with Crippen molar-refractivity contribution < 1.29 is 34.0 Å².